The van der Waals surface area contributed by atoms with Crippen molar-refractivity contribution in [2.45, 2.75) is 6.92 Å². The Morgan fingerprint density at radius 1 is 0.519 bits per heavy atom. The third-order valence-corrected chi connectivity index (χ3v) is 5.30. The molecule has 0 aromatic heterocycles. The highest BCUT2D eigenvalue weighted by Gasteiger charge is 2.05. The molecule has 0 radical (unpaired) electrons. The molecule has 0 bridgehead atoms. The van der Waals surface area contributed by atoms with E-state index < -0.39 is 0 Å². The minimum atomic E-state index is 1.23. The summed E-state index contributed by atoms with van der Waals surface area (Å²) >= 11 is 0. The highest BCUT2D eigenvalue weighted by molar-refractivity contribution is 6.20. The summed E-state index contributed by atoms with van der Waals surface area (Å²) in [5, 5.41) is 7.84. The van der Waals surface area contributed by atoms with Crippen LogP contribution in [0.15, 0.2) is 91.0 Å². The summed E-state index contributed by atoms with van der Waals surface area (Å²) in [6, 6.07) is 32.9. The molecule has 0 N–H and O–H groups in total. The highest BCUT2D eigenvalue weighted by Crippen LogP contribution is 2.32. The molecule has 0 spiro atoms. The molecule has 0 saturated carbocycles. The van der Waals surface area contributed by atoms with Crippen molar-refractivity contribution in [2.24, 2.45) is 0 Å². The lowest BCUT2D eigenvalue weighted by Gasteiger charge is -2.09. The molecule has 128 valence electrons. The summed E-state index contributed by atoms with van der Waals surface area (Å²) in [6.07, 6.45) is 4.39. The van der Waals surface area contributed by atoms with E-state index in [4.69, 9.17) is 0 Å². The second-order valence-electron chi connectivity index (χ2n) is 7.17. The molecule has 0 saturated heterocycles. The van der Waals surface area contributed by atoms with Gasteiger partial charge in [0.05, 0.1) is 0 Å². The molecule has 27 heavy (non-hydrogen) atoms. The van der Waals surface area contributed by atoms with Crippen LogP contribution in [0.25, 0.3) is 44.5 Å². The maximum absolute atomic E-state index is 2.31. The molecule has 0 aliphatic carbocycles. The summed E-state index contributed by atoms with van der Waals surface area (Å²) in [7, 11) is 0. The van der Waals surface area contributed by atoms with E-state index in [2.05, 4.69) is 110 Å². The molecule has 5 rings (SSSR count). The van der Waals surface area contributed by atoms with Gasteiger partial charge in [-0.05, 0) is 56.4 Å². The van der Waals surface area contributed by atoms with E-state index in [9.17, 15) is 0 Å². The lowest BCUT2D eigenvalue weighted by Crippen LogP contribution is -1.82. The summed E-state index contributed by atoms with van der Waals surface area (Å²) in [6.45, 7) is 2.12. The van der Waals surface area contributed by atoms with Crippen LogP contribution in [0.1, 0.15) is 16.7 Å². The number of aryl methyl sites for hydroxylation is 1. The molecule has 0 nitrogen and oxygen atoms in total. The average molecular weight is 344 g/mol. The van der Waals surface area contributed by atoms with Crippen molar-refractivity contribution in [3.63, 3.8) is 0 Å². The predicted octanol–water partition coefficient (Wildman–Crippen LogP) is 7.63. The van der Waals surface area contributed by atoms with Gasteiger partial charge in [0.2, 0.25) is 0 Å². The fraction of sp³-hybridized carbons (Fsp3) is 0.0370. The zero-order valence-corrected chi connectivity index (χ0v) is 15.3. The number of benzene rings is 5. The molecule has 0 fully saturated rings. The minimum Gasteiger partial charge on any atom is -0.0616 e. The van der Waals surface area contributed by atoms with Gasteiger partial charge in [-0.2, -0.15) is 0 Å². The van der Waals surface area contributed by atoms with E-state index in [1.54, 1.807) is 0 Å². The predicted molar refractivity (Wildman–Crippen MR) is 119 cm³/mol. The Kier molecular flexibility index (Phi) is 3.76. The van der Waals surface area contributed by atoms with Crippen LogP contribution < -0.4 is 0 Å². The average Bonchev–Trinajstić information content (AvgIpc) is 2.72. The summed E-state index contributed by atoms with van der Waals surface area (Å²) < 4.78 is 0. The Balaban J connectivity index is 1.70. The van der Waals surface area contributed by atoms with Crippen LogP contribution in [-0.4, -0.2) is 0 Å². The minimum absolute atomic E-state index is 1.23. The number of rotatable bonds is 2. The van der Waals surface area contributed by atoms with Crippen LogP contribution >= 0.6 is 0 Å². The normalized spacial score (nSPS) is 11.7. The summed E-state index contributed by atoms with van der Waals surface area (Å²) in [5.74, 6) is 0. The SMILES string of the molecule is Cc1ccc(C=Cc2ccc3ccc4ccc5ccccc5c4c3c2)cc1. The lowest BCUT2D eigenvalue weighted by molar-refractivity contribution is 1.46. The van der Waals surface area contributed by atoms with Crippen molar-refractivity contribution in [1.29, 1.82) is 0 Å². The maximum atomic E-state index is 2.31. The van der Waals surface area contributed by atoms with E-state index in [1.807, 2.05) is 0 Å². The first-order valence-corrected chi connectivity index (χ1v) is 9.37. The second-order valence-corrected chi connectivity index (χ2v) is 7.17. The van der Waals surface area contributed by atoms with E-state index in [0.29, 0.717) is 0 Å². The Hall–Kier alpha value is -3.38. The molecule has 0 heteroatoms. The van der Waals surface area contributed by atoms with E-state index in [0.717, 1.165) is 0 Å². The Bertz CT molecular complexity index is 1300. The quantitative estimate of drug-likeness (QED) is 0.228. The van der Waals surface area contributed by atoms with Gasteiger partial charge in [0.25, 0.3) is 0 Å². The van der Waals surface area contributed by atoms with Crippen LogP contribution in [0.3, 0.4) is 0 Å². The van der Waals surface area contributed by atoms with Gasteiger partial charge in [0.1, 0.15) is 0 Å². The van der Waals surface area contributed by atoms with Crippen LogP contribution in [0, 0.1) is 6.92 Å². The number of hydrogen-bond donors (Lipinski definition) is 0. The van der Waals surface area contributed by atoms with Gasteiger partial charge in [-0.3, -0.25) is 0 Å². The van der Waals surface area contributed by atoms with Gasteiger partial charge in [-0.25, -0.2) is 0 Å². The van der Waals surface area contributed by atoms with Gasteiger partial charge in [-0.15, -0.1) is 0 Å². The largest absolute Gasteiger partial charge is 0.0616 e. The van der Waals surface area contributed by atoms with Crippen molar-refractivity contribution >= 4 is 44.5 Å². The van der Waals surface area contributed by atoms with Crippen molar-refractivity contribution in [1.82, 2.24) is 0 Å². The van der Waals surface area contributed by atoms with Crippen LogP contribution in [-0.2, 0) is 0 Å². The van der Waals surface area contributed by atoms with Crippen molar-refractivity contribution < 1.29 is 0 Å². The fourth-order valence-corrected chi connectivity index (χ4v) is 3.82. The first-order chi connectivity index (χ1) is 13.3. The maximum Gasteiger partial charge on any atom is -0.00266 e. The molecule has 0 atom stereocenters. The zero-order valence-electron chi connectivity index (χ0n) is 15.3. The number of fused-ring (bicyclic) bond motifs is 5. The van der Waals surface area contributed by atoms with Gasteiger partial charge in [0, 0.05) is 0 Å². The van der Waals surface area contributed by atoms with Crippen molar-refractivity contribution in [3.05, 3.63) is 108 Å². The molecule has 5 aromatic carbocycles. The molecule has 0 heterocycles. The van der Waals surface area contributed by atoms with Crippen molar-refractivity contribution in [2.75, 3.05) is 0 Å². The summed E-state index contributed by atoms with van der Waals surface area (Å²) in [4.78, 5) is 0. The van der Waals surface area contributed by atoms with Gasteiger partial charge in [0.15, 0.2) is 0 Å². The Morgan fingerprint density at radius 3 is 1.93 bits per heavy atom. The molecule has 0 amide bonds. The van der Waals surface area contributed by atoms with Gasteiger partial charge >= 0.3 is 0 Å². The van der Waals surface area contributed by atoms with E-state index in [1.165, 1.54) is 49.0 Å². The molecule has 5 aromatic rings. The smallest absolute Gasteiger partial charge is 0.00266 e. The first-order valence-electron chi connectivity index (χ1n) is 9.37. The monoisotopic (exact) mass is 344 g/mol. The second kappa shape index (κ2) is 6.41. The van der Waals surface area contributed by atoms with Crippen LogP contribution in [0.2, 0.25) is 0 Å². The Labute approximate surface area is 159 Å². The fourth-order valence-electron chi connectivity index (χ4n) is 3.82. The van der Waals surface area contributed by atoms with E-state index >= 15 is 0 Å². The third kappa shape index (κ3) is 2.90. The van der Waals surface area contributed by atoms with Crippen LogP contribution in [0.4, 0.5) is 0 Å². The van der Waals surface area contributed by atoms with Crippen LogP contribution in [0.5, 0.6) is 0 Å². The molecular weight excluding hydrogens is 324 g/mol. The zero-order chi connectivity index (χ0) is 18.2. The van der Waals surface area contributed by atoms with E-state index in [-0.39, 0.29) is 0 Å². The molecule has 0 aliphatic heterocycles. The van der Waals surface area contributed by atoms with Gasteiger partial charge < -0.3 is 0 Å². The molecule has 0 aliphatic rings. The standard InChI is InChI=1S/C27H20/c1-19-6-8-20(9-7-19)10-11-21-12-13-23-15-17-24-16-14-22-4-2-3-5-25(22)27(24)26(23)18-21/h2-18H,1H3. The third-order valence-electron chi connectivity index (χ3n) is 5.30. The molecule has 0 unspecified atom stereocenters. The van der Waals surface area contributed by atoms with Crippen molar-refractivity contribution in [3.8, 4) is 0 Å². The topological polar surface area (TPSA) is 0 Å². The first kappa shape index (κ1) is 15.8. The number of hydrogen-bond acceptors (Lipinski definition) is 0. The molecular formula is C27H20. The van der Waals surface area contributed by atoms with Gasteiger partial charge in [-0.1, -0.05) is 103 Å². The lowest BCUT2D eigenvalue weighted by atomic mass is 9.95. The Morgan fingerprint density at radius 2 is 1.11 bits per heavy atom. The summed E-state index contributed by atoms with van der Waals surface area (Å²) in [5.41, 5.74) is 3.74. The highest BCUT2D eigenvalue weighted by atomic mass is 14.1.